The van der Waals surface area contributed by atoms with Crippen molar-refractivity contribution in [2.45, 2.75) is 31.6 Å². The Morgan fingerprint density at radius 3 is 2.69 bits per heavy atom. The van der Waals surface area contributed by atoms with Gasteiger partial charge in [0.25, 0.3) is 5.91 Å². The molecule has 3 aromatic heterocycles. The van der Waals surface area contributed by atoms with Crippen molar-refractivity contribution in [1.29, 1.82) is 0 Å². The van der Waals surface area contributed by atoms with Gasteiger partial charge in [0.05, 0.1) is 12.0 Å². The minimum Gasteiger partial charge on any atom is -0.355 e. The third kappa shape index (κ3) is 3.59. The van der Waals surface area contributed by atoms with Crippen molar-refractivity contribution in [2.75, 3.05) is 31.6 Å². The van der Waals surface area contributed by atoms with Crippen LogP contribution in [0.3, 0.4) is 0 Å². The zero-order valence-corrected chi connectivity index (χ0v) is 17.0. The minimum atomic E-state index is -0.00803. The number of hydrogen-bond donors (Lipinski definition) is 0. The lowest BCUT2D eigenvalue weighted by atomic mass is 9.96. The number of carbonyl (C=O) groups excluding carboxylic acids is 1. The number of carbonyl (C=O) groups is 1. The van der Waals surface area contributed by atoms with E-state index in [2.05, 4.69) is 20.9 Å². The fraction of sp³-hybridized carbons (Fsp3) is 0.524. The third-order valence-corrected chi connectivity index (χ3v) is 6.10. The van der Waals surface area contributed by atoms with Crippen molar-refractivity contribution < 1.29 is 4.79 Å². The van der Waals surface area contributed by atoms with Crippen molar-refractivity contribution >= 4 is 17.2 Å². The summed E-state index contributed by atoms with van der Waals surface area (Å²) in [5.74, 6) is 2.16. The molecular formula is C21H27N7O. The maximum absolute atomic E-state index is 12.5. The number of rotatable bonds is 5. The molecule has 0 N–H and O–H groups in total. The topological polar surface area (TPSA) is 71.6 Å². The first kappa shape index (κ1) is 18.1. The second kappa shape index (κ2) is 7.17. The zero-order valence-electron chi connectivity index (χ0n) is 17.0. The van der Waals surface area contributed by atoms with Gasteiger partial charge < -0.3 is 14.4 Å². The fourth-order valence-corrected chi connectivity index (χ4v) is 4.27. The van der Waals surface area contributed by atoms with E-state index in [-0.39, 0.29) is 5.91 Å². The molecule has 1 aliphatic carbocycles. The Kier molecular flexibility index (Phi) is 4.49. The summed E-state index contributed by atoms with van der Waals surface area (Å²) in [5, 5.41) is 4.73. The van der Waals surface area contributed by atoms with Crippen LogP contribution in [-0.2, 0) is 7.05 Å². The zero-order chi connectivity index (χ0) is 20.0. The Hall–Kier alpha value is -2.90. The van der Waals surface area contributed by atoms with Crippen LogP contribution < -0.4 is 4.90 Å². The number of amides is 1. The molecule has 5 rings (SSSR count). The van der Waals surface area contributed by atoms with E-state index in [0.29, 0.717) is 17.5 Å². The van der Waals surface area contributed by atoms with Crippen LogP contribution in [-0.4, -0.2) is 61.6 Å². The van der Waals surface area contributed by atoms with Crippen molar-refractivity contribution in [3.05, 3.63) is 42.4 Å². The van der Waals surface area contributed by atoms with Gasteiger partial charge in [-0.1, -0.05) is 0 Å². The van der Waals surface area contributed by atoms with Gasteiger partial charge in [-0.15, -0.1) is 0 Å². The van der Waals surface area contributed by atoms with Gasteiger partial charge in [-0.05, 0) is 37.7 Å². The molecule has 8 heteroatoms. The van der Waals surface area contributed by atoms with E-state index in [1.165, 1.54) is 18.5 Å². The number of fused-ring (bicyclic) bond motifs is 1. The first-order chi connectivity index (χ1) is 14.1. The summed E-state index contributed by atoms with van der Waals surface area (Å²) in [5.41, 5.74) is 2.81. The number of aromatic nitrogens is 5. The highest BCUT2D eigenvalue weighted by Crippen LogP contribution is 2.40. The maximum Gasteiger partial charge on any atom is 0.273 e. The predicted molar refractivity (Wildman–Crippen MR) is 110 cm³/mol. The standard InChI is InChI=1S/C21H27N7O/c1-25-13-18(23-14-25)21(29)26(2)12-15-5-8-27(9-6-15)20-19-11-17(16-3-4-16)24-28(19)10-7-22-20/h7,10-11,13-16H,3-6,8-9,12H2,1-2H3. The Balaban J connectivity index is 1.22. The first-order valence-corrected chi connectivity index (χ1v) is 10.4. The lowest BCUT2D eigenvalue weighted by molar-refractivity contribution is 0.0759. The van der Waals surface area contributed by atoms with Crippen molar-refractivity contribution in [3.63, 3.8) is 0 Å². The fourth-order valence-electron chi connectivity index (χ4n) is 4.27. The van der Waals surface area contributed by atoms with Crippen LogP contribution in [0.15, 0.2) is 31.0 Å². The molecule has 8 nitrogen and oxygen atoms in total. The van der Waals surface area contributed by atoms with Crippen LogP contribution in [0, 0.1) is 5.92 Å². The summed E-state index contributed by atoms with van der Waals surface area (Å²) in [6.45, 7) is 2.67. The van der Waals surface area contributed by atoms with Crippen molar-refractivity contribution in [2.24, 2.45) is 13.0 Å². The van der Waals surface area contributed by atoms with E-state index < -0.39 is 0 Å². The molecule has 152 valence electrons. The molecule has 1 saturated heterocycles. The van der Waals surface area contributed by atoms with Crippen LogP contribution in [0.5, 0.6) is 0 Å². The van der Waals surface area contributed by atoms with E-state index in [4.69, 9.17) is 5.10 Å². The summed E-state index contributed by atoms with van der Waals surface area (Å²) < 4.78 is 3.78. The highest BCUT2D eigenvalue weighted by Gasteiger charge is 2.28. The lowest BCUT2D eigenvalue weighted by Gasteiger charge is -2.34. The van der Waals surface area contributed by atoms with E-state index in [9.17, 15) is 4.79 Å². The molecule has 0 bridgehead atoms. The van der Waals surface area contributed by atoms with Crippen LogP contribution in [0.2, 0.25) is 0 Å². The molecule has 4 heterocycles. The largest absolute Gasteiger partial charge is 0.355 e. The summed E-state index contributed by atoms with van der Waals surface area (Å²) >= 11 is 0. The molecule has 0 unspecified atom stereocenters. The number of aryl methyl sites for hydroxylation is 1. The van der Waals surface area contributed by atoms with E-state index in [1.807, 2.05) is 31.0 Å². The molecule has 2 aliphatic rings. The number of hydrogen-bond acceptors (Lipinski definition) is 5. The average molecular weight is 393 g/mol. The first-order valence-electron chi connectivity index (χ1n) is 10.4. The number of anilines is 1. The number of imidazole rings is 1. The molecule has 0 spiro atoms. The normalized spacial score (nSPS) is 17.8. The number of piperidine rings is 1. The molecule has 0 atom stereocenters. The van der Waals surface area contributed by atoms with Crippen LogP contribution in [0.1, 0.15) is 47.8 Å². The third-order valence-electron chi connectivity index (χ3n) is 6.10. The Morgan fingerprint density at radius 2 is 2.00 bits per heavy atom. The second-order valence-corrected chi connectivity index (χ2v) is 8.46. The van der Waals surface area contributed by atoms with Crippen LogP contribution in [0.4, 0.5) is 5.82 Å². The smallest absolute Gasteiger partial charge is 0.273 e. The molecule has 1 amide bonds. The van der Waals surface area contributed by atoms with E-state index >= 15 is 0 Å². The average Bonchev–Trinajstić information content (AvgIpc) is 3.34. The lowest BCUT2D eigenvalue weighted by Crippen LogP contribution is -2.40. The highest BCUT2D eigenvalue weighted by atomic mass is 16.2. The summed E-state index contributed by atoms with van der Waals surface area (Å²) in [7, 11) is 3.75. The van der Waals surface area contributed by atoms with Gasteiger partial charge in [0.2, 0.25) is 0 Å². The molecule has 1 saturated carbocycles. The quantitative estimate of drug-likeness (QED) is 0.665. The summed E-state index contributed by atoms with van der Waals surface area (Å²) in [4.78, 5) is 25.6. The van der Waals surface area contributed by atoms with Gasteiger partial charge in [0.15, 0.2) is 5.82 Å². The van der Waals surface area contributed by atoms with E-state index in [0.717, 1.165) is 43.8 Å². The Morgan fingerprint density at radius 1 is 1.21 bits per heavy atom. The van der Waals surface area contributed by atoms with Gasteiger partial charge >= 0.3 is 0 Å². The summed E-state index contributed by atoms with van der Waals surface area (Å²) in [6.07, 6.45) is 11.8. The molecule has 29 heavy (non-hydrogen) atoms. The second-order valence-electron chi connectivity index (χ2n) is 8.46. The van der Waals surface area contributed by atoms with E-state index in [1.54, 1.807) is 22.0 Å². The van der Waals surface area contributed by atoms with Gasteiger partial charge in [0.1, 0.15) is 11.2 Å². The summed E-state index contributed by atoms with van der Waals surface area (Å²) in [6, 6.07) is 2.21. The van der Waals surface area contributed by atoms with Gasteiger partial charge in [-0.2, -0.15) is 5.10 Å². The minimum absolute atomic E-state index is 0.00803. The van der Waals surface area contributed by atoms with Gasteiger partial charge in [-0.3, -0.25) is 4.79 Å². The van der Waals surface area contributed by atoms with Gasteiger partial charge in [-0.25, -0.2) is 14.5 Å². The molecule has 3 aromatic rings. The molecular weight excluding hydrogens is 366 g/mol. The van der Waals surface area contributed by atoms with Crippen LogP contribution in [0.25, 0.3) is 5.52 Å². The Labute approximate surface area is 170 Å². The molecule has 0 aromatic carbocycles. The SMILES string of the molecule is CN(CC1CCN(c2nccn3nc(C4CC4)cc23)CC1)C(=O)c1cn(C)cn1. The highest BCUT2D eigenvalue weighted by molar-refractivity contribution is 5.91. The monoisotopic (exact) mass is 393 g/mol. The van der Waals surface area contributed by atoms with Gasteiger partial charge in [0, 0.05) is 58.2 Å². The van der Waals surface area contributed by atoms with Crippen LogP contribution >= 0.6 is 0 Å². The molecule has 0 radical (unpaired) electrons. The predicted octanol–water partition coefficient (Wildman–Crippen LogP) is 2.33. The molecule has 2 fully saturated rings. The molecule has 1 aliphatic heterocycles. The van der Waals surface area contributed by atoms with Crippen molar-refractivity contribution in [1.82, 2.24) is 29.0 Å². The van der Waals surface area contributed by atoms with Crippen molar-refractivity contribution in [3.8, 4) is 0 Å². The Bertz CT molecular complexity index is 1030. The number of nitrogens with zero attached hydrogens (tertiary/aromatic N) is 7. The maximum atomic E-state index is 12.5.